The quantitative estimate of drug-likeness (QED) is 0.421. The second-order valence-corrected chi connectivity index (χ2v) is 4.11. The summed E-state index contributed by atoms with van der Waals surface area (Å²) in [5.74, 6) is 0. The third-order valence-electron chi connectivity index (χ3n) is 1.16. The molecule has 1 N–H and O–H groups in total. The van der Waals surface area contributed by atoms with Crippen molar-refractivity contribution in [3.8, 4) is 0 Å². The normalized spacial score (nSPS) is 10.0. The summed E-state index contributed by atoms with van der Waals surface area (Å²) in [7, 11) is -4.22. The van der Waals surface area contributed by atoms with Gasteiger partial charge in [0.25, 0.3) is 0 Å². The van der Waals surface area contributed by atoms with Crippen molar-refractivity contribution >= 4 is 10.4 Å². The molecule has 0 saturated carbocycles. The molecule has 0 amide bonds. The van der Waals surface area contributed by atoms with Crippen molar-refractivity contribution in [2.75, 3.05) is 0 Å². The summed E-state index contributed by atoms with van der Waals surface area (Å²) in [5, 5.41) is 0. The molecular formula is C10H15NaO4S. The van der Waals surface area contributed by atoms with Gasteiger partial charge in [-0.1, -0.05) is 6.07 Å². The molecule has 1 rings (SSSR count). The van der Waals surface area contributed by atoms with Crippen molar-refractivity contribution in [3.63, 3.8) is 0 Å². The molecule has 0 atom stereocenters. The first kappa shape index (κ1) is 18.3. The molecule has 1 aromatic rings. The largest absolute Gasteiger partial charge is 1.00 e. The fraction of sp³-hybridized carbons (Fsp3) is 0.300. The van der Waals surface area contributed by atoms with Gasteiger partial charge in [0, 0.05) is 0 Å². The molecule has 0 aliphatic rings. The van der Waals surface area contributed by atoms with E-state index in [1.807, 2.05) is 30.3 Å². The summed E-state index contributed by atoms with van der Waals surface area (Å²) < 4.78 is 31.5. The van der Waals surface area contributed by atoms with Gasteiger partial charge in [-0.2, -0.15) is 33.0 Å². The van der Waals surface area contributed by atoms with Crippen LogP contribution >= 0.6 is 0 Å². The molecule has 0 aliphatic heterocycles. The third kappa shape index (κ3) is 14.0. The van der Waals surface area contributed by atoms with Crippen molar-refractivity contribution in [3.05, 3.63) is 42.8 Å². The predicted octanol–water partition coefficient (Wildman–Crippen LogP) is -0.913. The van der Waals surface area contributed by atoms with E-state index in [1.165, 1.54) is 13.8 Å². The second kappa shape index (κ2) is 9.04. The minimum atomic E-state index is -4.22. The van der Waals surface area contributed by atoms with Gasteiger partial charge in [-0.15, -0.1) is 12.1 Å². The Morgan fingerprint density at radius 2 is 1.69 bits per heavy atom. The summed E-state index contributed by atoms with van der Waals surface area (Å²) in [4.78, 5) is 0. The van der Waals surface area contributed by atoms with Gasteiger partial charge in [-0.05, 0) is 13.8 Å². The molecule has 6 heteroatoms. The zero-order chi connectivity index (χ0) is 11.9. The molecule has 0 aromatic heterocycles. The van der Waals surface area contributed by atoms with E-state index in [-0.39, 0.29) is 29.6 Å². The Kier molecular flexibility index (Phi) is 10.4. The van der Waals surface area contributed by atoms with Gasteiger partial charge in [0.15, 0.2) is 0 Å². The maximum absolute atomic E-state index is 9.78. The summed E-state index contributed by atoms with van der Waals surface area (Å²) in [6, 6.07) is 9.87. The van der Waals surface area contributed by atoms with E-state index < -0.39 is 16.5 Å². The average Bonchev–Trinajstić information content (AvgIpc) is 2.01. The molecule has 0 fully saturated rings. The molecule has 0 spiro atoms. The first-order valence-corrected chi connectivity index (χ1v) is 5.70. The van der Waals surface area contributed by atoms with Gasteiger partial charge in [-0.3, -0.25) is 4.55 Å². The fourth-order valence-electron chi connectivity index (χ4n) is 0.721. The zero-order valence-electron chi connectivity index (χ0n) is 9.75. The molecule has 86 valence electrons. The van der Waals surface area contributed by atoms with E-state index in [0.29, 0.717) is 0 Å². The molecule has 16 heavy (non-hydrogen) atoms. The molecule has 1 aromatic carbocycles. The summed E-state index contributed by atoms with van der Waals surface area (Å²) >= 11 is 0. The maximum Gasteiger partial charge on any atom is 1.00 e. The Labute approximate surface area is 119 Å². The Balaban J connectivity index is 0. The minimum absolute atomic E-state index is 0. The van der Waals surface area contributed by atoms with Crippen LogP contribution in [0.2, 0.25) is 0 Å². The molecule has 0 unspecified atom stereocenters. The Morgan fingerprint density at radius 1 is 1.25 bits per heavy atom. The van der Waals surface area contributed by atoms with Crippen molar-refractivity contribution in [2.45, 2.75) is 20.0 Å². The summed E-state index contributed by atoms with van der Waals surface area (Å²) in [6.45, 7) is 6.74. The van der Waals surface area contributed by atoms with Gasteiger partial charge >= 0.3 is 40.0 Å². The van der Waals surface area contributed by atoms with Gasteiger partial charge in [-0.25, -0.2) is 4.18 Å². The van der Waals surface area contributed by atoms with Crippen LogP contribution in [0.3, 0.4) is 0 Å². The molecule has 0 radical (unpaired) electrons. The van der Waals surface area contributed by atoms with Gasteiger partial charge < -0.3 is 0 Å². The first-order chi connectivity index (χ1) is 6.81. The van der Waals surface area contributed by atoms with Crippen LogP contribution in [0.15, 0.2) is 30.3 Å². The van der Waals surface area contributed by atoms with Crippen LogP contribution in [0.25, 0.3) is 0 Å². The first-order valence-electron chi connectivity index (χ1n) is 4.34. The molecular weight excluding hydrogens is 239 g/mol. The van der Waals surface area contributed by atoms with Crippen molar-refractivity contribution in [1.82, 2.24) is 0 Å². The Bertz CT molecular complexity index is 362. The van der Waals surface area contributed by atoms with Crippen LogP contribution < -0.4 is 29.6 Å². The topological polar surface area (TPSA) is 63.6 Å². The maximum atomic E-state index is 9.78. The van der Waals surface area contributed by atoms with E-state index in [1.54, 1.807) is 0 Å². The van der Waals surface area contributed by atoms with E-state index in [0.717, 1.165) is 5.56 Å². The van der Waals surface area contributed by atoms with Crippen molar-refractivity contribution in [2.24, 2.45) is 0 Å². The van der Waals surface area contributed by atoms with Gasteiger partial charge in [0.2, 0.25) is 0 Å². The summed E-state index contributed by atoms with van der Waals surface area (Å²) in [5.41, 5.74) is 1.07. The van der Waals surface area contributed by atoms with Crippen molar-refractivity contribution < 1.29 is 46.7 Å². The number of hydrogen-bond acceptors (Lipinski definition) is 3. The average molecular weight is 254 g/mol. The van der Waals surface area contributed by atoms with Crippen LogP contribution in [0.5, 0.6) is 0 Å². The van der Waals surface area contributed by atoms with E-state index in [4.69, 9.17) is 4.55 Å². The van der Waals surface area contributed by atoms with Crippen LogP contribution in [0.4, 0.5) is 0 Å². The monoisotopic (exact) mass is 254 g/mol. The third-order valence-corrected chi connectivity index (χ3v) is 1.78. The van der Waals surface area contributed by atoms with Crippen molar-refractivity contribution in [1.29, 1.82) is 0 Å². The standard InChI is InChI=1S/C7H7.C3H8O4S.Na/c1-7-5-3-2-4-6-7;1-3(2)7-8(4,5)6;/h2-6H,1H2;3H,1-2H3,(H,4,5,6);/q-1;;+1. The Hall–Kier alpha value is -0.0400. The molecule has 0 aliphatic carbocycles. The van der Waals surface area contributed by atoms with Crippen LogP contribution in [0.1, 0.15) is 19.4 Å². The van der Waals surface area contributed by atoms with E-state index in [9.17, 15) is 8.42 Å². The SMILES string of the molecule is CC(C)OS(=O)(=O)O.[CH2-]c1ccccc1.[Na+]. The molecule has 4 nitrogen and oxygen atoms in total. The predicted molar refractivity (Wildman–Crippen MR) is 58.7 cm³/mol. The second-order valence-electron chi connectivity index (χ2n) is 3.06. The number of benzene rings is 1. The number of hydrogen-bond donors (Lipinski definition) is 1. The molecule has 0 bridgehead atoms. The van der Waals surface area contributed by atoms with Gasteiger partial charge in [0.1, 0.15) is 0 Å². The number of rotatable bonds is 2. The summed E-state index contributed by atoms with van der Waals surface area (Å²) in [6.07, 6.45) is -0.495. The smallest absolute Gasteiger partial charge is 0.264 e. The van der Waals surface area contributed by atoms with Crippen LogP contribution in [-0.4, -0.2) is 19.1 Å². The van der Waals surface area contributed by atoms with Crippen LogP contribution in [0, 0.1) is 6.92 Å². The molecule has 0 heterocycles. The minimum Gasteiger partial charge on any atom is -0.264 e. The Morgan fingerprint density at radius 3 is 1.81 bits per heavy atom. The zero-order valence-corrected chi connectivity index (χ0v) is 12.6. The van der Waals surface area contributed by atoms with Crippen LogP contribution in [-0.2, 0) is 14.6 Å². The fourth-order valence-corrected chi connectivity index (χ4v) is 1.21. The van der Waals surface area contributed by atoms with E-state index in [2.05, 4.69) is 11.1 Å². The van der Waals surface area contributed by atoms with Gasteiger partial charge in [0.05, 0.1) is 6.10 Å². The molecule has 0 saturated heterocycles. The van der Waals surface area contributed by atoms with E-state index >= 15 is 0 Å².